The zero-order chi connectivity index (χ0) is 20.5. The Morgan fingerprint density at radius 1 is 1.36 bits per heavy atom. The molecule has 0 aromatic rings. The summed E-state index contributed by atoms with van der Waals surface area (Å²) in [5.74, 6) is -1.07. The summed E-state index contributed by atoms with van der Waals surface area (Å²) in [6.07, 6.45) is 6.01. The average Bonchev–Trinajstić information content (AvgIpc) is 2.93. The van der Waals surface area contributed by atoms with Gasteiger partial charge in [0.15, 0.2) is 0 Å². The minimum absolute atomic E-state index is 0.145. The zero-order valence-electron chi connectivity index (χ0n) is 16.9. The summed E-state index contributed by atoms with van der Waals surface area (Å²) in [5.41, 5.74) is 1.31. The highest BCUT2D eigenvalue weighted by molar-refractivity contribution is 5.91. The summed E-state index contributed by atoms with van der Waals surface area (Å²) < 4.78 is 17.1. The molecule has 0 aliphatic carbocycles. The van der Waals surface area contributed by atoms with E-state index in [2.05, 4.69) is 25.7 Å². The number of aliphatic hydroxyl groups is 1. The smallest absolute Gasteiger partial charge is 0.334 e. The molecule has 0 amide bonds. The van der Waals surface area contributed by atoms with Crippen molar-refractivity contribution < 1.29 is 28.9 Å². The molecule has 2 bridgehead atoms. The SMILES string of the molecule is C=C1C(=O)OC2C1CC1OC2C(C)=CCCC(C)=CCCC1(O)COC(C)=O. The second kappa shape index (κ2) is 8.21. The normalized spacial score (nSPS) is 36.3. The number of esters is 2. The van der Waals surface area contributed by atoms with Gasteiger partial charge in [0.2, 0.25) is 0 Å². The standard InChI is InChI=1S/C22H30O6/c1-13-7-5-9-14(2)19-20-17(15(3)21(24)28-20)11-18(27-19)22(25,10-6-8-13)12-26-16(4)23/h8-9,17-20,25H,3,5-7,10-12H2,1-2,4H3. The molecule has 28 heavy (non-hydrogen) atoms. The summed E-state index contributed by atoms with van der Waals surface area (Å²) in [6, 6.07) is 0. The van der Waals surface area contributed by atoms with E-state index in [9.17, 15) is 14.7 Å². The van der Waals surface area contributed by atoms with Crippen molar-refractivity contribution in [1.29, 1.82) is 0 Å². The molecule has 1 N–H and O–H groups in total. The lowest BCUT2D eigenvalue weighted by molar-refractivity contribution is -0.206. The van der Waals surface area contributed by atoms with Crippen molar-refractivity contribution in [2.75, 3.05) is 6.61 Å². The number of fused-ring (bicyclic) bond motifs is 4. The highest BCUT2D eigenvalue weighted by Crippen LogP contribution is 2.44. The number of ether oxygens (including phenoxy) is 3. The highest BCUT2D eigenvalue weighted by Gasteiger charge is 2.53. The van der Waals surface area contributed by atoms with Crippen molar-refractivity contribution in [3.63, 3.8) is 0 Å². The fourth-order valence-corrected chi connectivity index (χ4v) is 4.30. The number of hydrogen-bond donors (Lipinski definition) is 1. The molecule has 3 aliphatic heterocycles. The first-order valence-electron chi connectivity index (χ1n) is 9.94. The van der Waals surface area contributed by atoms with Crippen molar-refractivity contribution in [3.05, 3.63) is 35.5 Å². The lowest BCUT2D eigenvalue weighted by Gasteiger charge is -2.44. The van der Waals surface area contributed by atoms with Crippen LogP contribution in [0.3, 0.4) is 0 Å². The van der Waals surface area contributed by atoms with Gasteiger partial charge in [-0.15, -0.1) is 0 Å². The van der Waals surface area contributed by atoms with Crippen LogP contribution in [-0.4, -0.2) is 47.6 Å². The fraction of sp³-hybridized carbons (Fsp3) is 0.636. The molecular formula is C22H30O6. The van der Waals surface area contributed by atoms with Gasteiger partial charge in [0, 0.05) is 18.4 Å². The van der Waals surface area contributed by atoms with E-state index < -0.39 is 35.9 Å². The Labute approximate surface area is 166 Å². The molecular weight excluding hydrogens is 360 g/mol. The quantitative estimate of drug-likeness (QED) is 0.443. The Morgan fingerprint density at radius 2 is 2.11 bits per heavy atom. The minimum atomic E-state index is -1.35. The molecule has 5 unspecified atom stereocenters. The van der Waals surface area contributed by atoms with Gasteiger partial charge in [-0.1, -0.05) is 24.3 Å². The molecule has 3 aliphatic rings. The molecule has 0 radical (unpaired) electrons. The van der Waals surface area contributed by atoms with Crippen LogP contribution in [-0.2, 0) is 23.8 Å². The van der Waals surface area contributed by atoms with Crippen molar-refractivity contribution >= 4 is 11.9 Å². The molecule has 2 saturated heterocycles. The molecule has 2 fully saturated rings. The largest absolute Gasteiger partial charge is 0.463 e. The van der Waals surface area contributed by atoms with Crippen molar-refractivity contribution in [3.8, 4) is 0 Å². The topological polar surface area (TPSA) is 82.1 Å². The fourth-order valence-electron chi connectivity index (χ4n) is 4.30. The van der Waals surface area contributed by atoms with Crippen LogP contribution in [0.15, 0.2) is 35.5 Å². The Bertz CT molecular complexity index is 721. The van der Waals surface area contributed by atoms with Gasteiger partial charge in [-0.2, -0.15) is 0 Å². The van der Waals surface area contributed by atoms with Gasteiger partial charge in [0.25, 0.3) is 0 Å². The van der Waals surface area contributed by atoms with Crippen LogP contribution < -0.4 is 0 Å². The number of carbonyl (C=O) groups is 2. The average molecular weight is 390 g/mol. The van der Waals surface area contributed by atoms with Gasteiger partial charge in [0.05, 0.1) is 6.10 Å². The predicted molar refractivity (Wildman–Crippen MR) is 103 cm³/mol. The molecule has 0 aromatic carbocycles. The van der Waals surface area contributed by atoms with E-state index in [0.29, 0.717) is 24.8 Å². The van der Waals surface area contributed by atoms with Gasteiger partial charge in [-0.05, 0) is 51.5 Å². The first-order chi connectivity index (χ1) is 13.2. The van der Waals surface area contributed by atoms with Crippen LogP contribution >= 0.6 is 0 Å². The summed E-state index contributed by atoms with van der Waals surface area (Å²) in [7, 11) is 0. The van der Waals surface area contributed by atoms with E-state index in [0.717, 1.165) is 18.4 Å². The second-order valence-electron chi connectivity index (χ2n) is 8.24. The van der Waals surface area contributed by atoms with Gasteiger partial charge < -0.3 is 19.3 Å². The molecule has 0 spiro atoms. The predicted octanol–water partition coefficient (Wildman–Crippen LogP) is 3.00. The van der Waals surface area contributed by atoms with Crippen LogP contribution in [0.25, 0.3) is 0 Å². The Hall–Kier alpha value is -1.92. The molecule has 3 rings (SSSR count). The van der Waals surface area contributed by atoms with Crippen LogP contribution in [0, 0.1) is 5.92 Å². The monoisotopic (exact) mass is 390 g/mol. The maximum Gasteiger partial charge on any atom is 0.334 e. The summed E-state index contributed by atoms with van der Waals surface area (Å²) in [4.78, 5) is 23.5. The maximum atomic E-state index is 12.1. The van der Waals surface area contributed by atoms with Crippen LogP contribution in [0.1, 0.15) is 52.9 Å². The van der Waals surface area contributed by atoms with Crippen LogP contribution in [0.2, 0.25) is 0 Å². The van der Waals surface area contributed by atoms with E-state index in [1.54, 1.807) is 0 Å². The number of allylic oxidation sites excluding steroid dienone is 3. The van der Waals surface area contributed by atoms with Crippen LogP contribution in [0.5, 0.6) is 0 Å². The Kier molecular flexibility index (Phi) is 6.10. The third kappa shape index (κ3) is 4.23. The number of rotatable bonds is 2. The first kappa shape index (κ1) is 20.8. The van der Waals surface area contributed by atoms with E-state index in [4.69, 9.17) is 14.2 Å². The molecule has 3 heterocycles. The van der Waals surface area contributed by atoms with E-state index >= 15 is 0 Å². The number of carbonyl (C=O) groups excluding carboxylic acids is 2. The summed E-state index contributed by atoms with van der Waals surface area (Å²) in [5, 5.41) is 11.5. The maximum absolute atomic E-state index is 12.1. The third-order valence-corrected chi connectivity index (χ3v) is 6.08. The lowest BCUT2D eigenvalue weighted by Crippen LogP contribution is -2.56. The van der Waals surface area contributed by atoms with E-state index in [-0.39, 0.29) is 12.5 Å². The van der Waals surface area contributed by atoms with Gasteiger partial charge >= 0.3 is 11.9 Å². The summed E-state index contributed by atoms with van der Waals surface area (Å²) >= 11 is 0. The molecule has 6 nitrogen and oxygen atoms in total. The molecule has 0 aromatic heterocycles. The first-order valence-corrected chi connectivity index (χ1v) is 9.94. The third-order valence-electron chi connectivity index (χ3n) is 6.08. The van der Waals surface area contributed by atoms with E-state index in [1.807, 2.05) is 6.92 Å². The van der Waals surface area contributed by atoms with Crippen molar-refractivity contribution in [2.24, 2.45) is 5.92 Å². The van der Waals surface area contributed by atoms with E-state index in [1.165, 1.54) is 12.5 Å². The molecule has 5 atom stereocenters. The van der Waals surface area contributed by atoms with Gasteiger partial charge in [-0.25, -0.2) is 4.79 Å². The van der Waals surface area contributed by atoms with Gasteiger partial charge in [-0.3, -0.25) is 4.79 Å². The second-order valence-corrected chi connectivity index (χ2v) is 8.24. The van der Waals surface area contributed by atoms with Crippen LogP contribution in [0.4, 0.5) is 0 Å². The van der Waals surface area contributed by atoms with Crippen molar-refractivity contribution in [1.82, 2.24) is 0 Å². The molecule has 6 heteroatoms. The molecule has 0 saturated carbocycles. The lowest BCUT2D eigenvalue weighted by atomic mass is 9.77. The van der Waals surface area contributed by atoms with Crippen molar-refractivity contribution in [2.45, 2.75) is 76.8 Å². The van der Waals surface area contributed by atoms with Gasteiger partial charge in [0.1, 0.15) is 24.4 Å². The molecule has 154 valence electrons. The Balaban J connectivity index is 1.97. The highest BCUT2D eigenvalue weighted by atomic mass is 16.6. The summed E-state index contributed by atoms with van der Waals surface area (Å²) in [6.45, 7) is 9.13. The Morgan fingerprint density at radius 3 is 2.82 bits per heavy atom. The number of hydrogen-bond acceptors (Lipinski definition) is 6. The minimum Gasteiger partial charge on any atom is -0.463 e. The zero-order valence-corrected chi connectivity index (χ0v) is 16.9.